The number of azo groups is 1. The van der Waals surface area contributed by atoms with Gasteiger partial charge in [0.2, 0.25) is 0 Å². The van der Waals surface area contributed by atoms with Crippen molar-refractivity contribution in [2.75, 3.05) is 25.0 Å². The molecule has 0 amide bonds. The summed E-state index contributed by atoms with van der Waals surface area (Å²) in [6.07, 6.45) is 4.41. The normalized spacial score (nSPS) is 20.7. The number of fused-ring (bicyclic) bond motifs is 1. The molecular formula is C21H24N6. The SMILES string of the molecule is CN(C[C@@H]1N=NC2=C1CCC2)c1nc(-c2ccccc2)nc2c1CCNC2. The molecule has 1 aromatic carbocycles. The summed E-state index contributed by atoms with van der Waals surface area (Å²) in [5.41, 5.74) is 6.11. The number of aromatic nitrogens is 2. The summed E-state index contributed by atoms with van der Waals surface area (Å²) in [5, 5.41) is 12.4. The summed E-state index contributed by atoms with van der Waals surface area (Å²) in [6.45, 7) is 2.60. The van der Waals surface area contributed by atoms with E-state index in [1.54, 1.807) is 0 Å². The van der Waals surface area contributed by atoms with E-state index in [4.69, 9.17) is 9.97 Å². The Morgan fingerprint density at radius 1 is 1.11 bits per heavy atom. The van der Waals surface area contributed by atoms with Gasteiger partial charge in [0.05, 0.1) is 11.4 Å². The molecule has 27 heavy (non-hydrogen) atoms. The molecule has 138 valence electrons. The molecule has 0 saturated carbocycles. The van der Waals surface area contributed by atoms with Gasteiger partial charge in [0.1, 0.15) is 11.9 Å². The second-order valence-electron chi connectivity index (χ2n) is 7.53. The minimum atomic E-state index is 0.181. The zero-order valence-electron chi connectivity index (χ0n) is 15.6. The van der Waals surface area contributed by atoms with Gasteiger partial charge in [-0.05, 0) is 37.8 Å². The van der Waals surface area contributed by atoms with E-state index in [-0.39, 0.29) is 6.04 Å². The summed E-state index contributed by atoms with van der Waals surface area (Å²) in [5.74, 6) is 1.84. The van der Waals surface area contributed by atoms with Crippen LogP contribution in [0, 0.1) is 0 Å². The number of hydrogen-bond donors (Lipinski definition) is 1. The molecule has 0 bridgehead atoms. The Labute approximate surface area is 159 Å². The predicted molar refractivity (Wildman–Crippen MR) is 106 cm³/mol. The molecule has 2 aliphatic heterocycles. The maximum absolute atomic E-state index is 4.98. The molecule has 5 rings (SSSR count). The lowest BCUT2D eigenvalue weighted by molar-refractivity contribution is 0.618. The monoisotopic (exact) mass is 360 g/mol. The molecule has 3 aliphatic rings. The van der Waals surface area contributed by atoms with E-state index < -0.39 is 0 Å². The van der Waals surface area contributed by atoms with Crippen LogP contribution in [0.25, 0.3) is 11.4 Å². The van der Waals surface area contributed by atoms with Gasteiger partial charge >= 0.3 is 0 Å². The molecule has 0 spiro atoms. The van der Waals surface area contributed by atoms with Gasteiger partial charge < -0.3 is 10.2 Å². The molecule has 1 atom stereocenters. The highest BCUT2D eigenvalue weighted by molar-refractivity contribution is 5.61. The fraction of sp³-hybridized carbons (Fsp3) is 0.429. The van der Waals surface area contributed by atoms with E-state index in [0.717, 1.165) is 61.8 Å². The minimum absolute atomic E-state index is 0.181. The molecule has 1 N–H and O–H groups in total. The number of rotatable bonds is 4. The molecule has 0 unspecified atom stereocenters. The van der Waals surface area contributed by atoms with E-state index in [0.29, 0.717) is 0 Å². The van der Waals surface area contributed by atoms with Gasteiger partial charge in [-0.3, -0.25) is 0 Å². The van der Waals surface area contributed by atoms with Crippen LogP contribution < -0.4 is 10.2 Å². The highest BCUT2D eigenvalue weighted by Gasteiger charge is 2.30. The molecule has 3 heterocycles. The zero-order valence-corrected chi connectivity index (χ0v) is 15.6. The first-order valence-corrected chi connectivity index (χ1v) is 9.79. The fourth-order valence-electron chi connectivity index (χ4n) is 4.30. The first-order valence-electron chi connectivity index (χ1n) is 9.79. The van der Waals surface area contributed by atoms with E-state index in [9.17, 15) is 0 Å². The van der Waals surface area contributed by atoms with Crippen molar-refractivity contribution in [2.45, 2.75) is 38.3 Å². The highest BCUT2D eigenvalue weighted by Crippen LogP contribution is 2.36. The van der Waals surface area contributed by atoms with E-state index in [2.05, 4.69) is 39.6 Å². The van der Waals surface area contributed by atoms with Crippen LogP contribution in [0.3, 0.4) is 0 Å². The number of anilines is 1. The largest absolute Gasteiger partial charge is 0.357 e. The lowest BCUT2D eigenvalue weighted by Gasteiger charge is -2.27. The van der Waals surface area contributed by atoms with Crippen molar-refractivity contribution in [2.24, 2.45) is 10.2 Å². The Bertz CT molecular complexity index is 918. The summed E-state index contributed by atoms with van der Waals surface area (Å²) < 4.78 is 0. The third kappa shape index (κ3) is 3.04. The molecule has 0 saturated heterocycles. The summed E-state index contributed by atoms with van der Waals surface area (Å²) in [6, 6.07) is 10.4. The maximum atomic E-state index is 4.98. The Morgan fingerprint density at radius 3 is 2.89 bits per heavy atom. The number of nitrogens with zero attached hydrogens (tertiary/aromatic N) is 5. The van der Waals surface area contributed by atoms with Crippen LogP contribution in [0.2, 0.25) is 0 Å². The number of benzene rings is 1. The molecular weight excluding hydrogens is 336 g/mol. The molecule has 1 aliphatic carbocycles. The smallest absolute Gasteiger partial charge is 0.161 e. The summed E-state index contributed by atoms with van der Waals surface area (Å²) in [4.78, 5) is 12.1. The first kappa shape index (κ1) is 16.6. The van der Waals surface area contributed by atoms with E-state index >= 15 is 0 Å². The third-order valence-electron chi connectivity index (χ3n) is 5.71. The fourth-order valence-corrected chi connectivity index (χ4v) is 4.30. The Hall–Kier alpha value is -2.60. The van der Waals surface area contributed by atoms with Crippen molar-refractivity contribution in [3.63, 3.8) is 0 Å². The maximum Gasteiger partial charge on any atom is 0.161 e. The number of nitrogens with one attached hydrogen (secondary N) is 1. The molecule has 6 nitrogen and oxygen atoms in total. The molecule has 0 radical (unpaired) electrons. The van der Waals surface area contributed by atoms with Crippen LogP contribution in [-0.2, 0) is 13.0 Å². The molecule has 2 aromatic rings. The second kappa shape index (κ2) is 6.85. The second-order valence-corrected chi connectivity index (χ2v) is 7.53. The van der Waals surface area contributed by atoms with Crippen molar-refractivity contribution in [1.82, 2.24) is 15.3 Å². The standard InChI is InChI=1S/C21H24N6/c1-27(13-19-15-8-5-9-17(15)25-26-19)21-16-10-11-22-12-18(16)23-20(24-21)14-6-3-2-4-7-14/h2-4,6-7,19,22H,5,8-13H2,1H3/t19-/m0/s1. The zero-order chi connectivity index (χ0) is 18.2. The van der Waals surface area contributed by atoms with Gasteiger partial charge in [-0.2, -0.15) is 10.2 Å². The van der Waals surface area contributed by atoms with Crippen molar-refractivity contribution in [3.8, 4) is 11.4 Å². The summed E-state index contributed by atoms with van der Waals surface area (Å²) >= 11 is 0. The van der Waals surface area contributed by atoms with Crippen LogP contribution in [0.15, 0.2) is 51.8 Å². The average Bonchev–Trinajstić information content (AvgIpc) is 3.33. The lowest BCUT2D eigenvalue weighted by Crippen LogP contribution is -2.33. The quantitative estimate of drug-likeness (QED) is 0.906. The van der Waals surface area contributed by atoms with Gasteiger partial charge in [-0.25, -0.2) is 9.97 Å². The van der Waals surface area contributed by atoms with Crippen molar-refractivity contribution < 1.29 is 0 Å². The van der Waals surface area contributed by atoms with Gasteiger partial charge in [0.15, 0.2) is 5.82 Å². The lowest BCUT2D eigenvalue weighted by atomic mass is 10.0. The van der Waals surface area contributed by atoms with Gasteiger partial charge in [-0.15, -0.1) is 0 Å². The van der Waals surface area contributed by atoms with Gasteiger partial charge in [-0.1, -0.05) is 30.3 Å². The summed E-state index contributed by atoms with van der Waals surface area (Å²) in [7, 11) is 2.13. The Kier molecular flexibility index (Phi) is 4.20. The number of likely N-dealkylation sites (N-methyl/N-ethyl adjacent to an activating group) is 1. The predicted octanol–water partition coefficient (Wildman–Crippen LogP) is 3.50. The van der Waals surface area contributed by atoms with Crippen molar-refractivity contribution in [1.29, 1.82) is 0 Å². The van der Waals surface area contributed by atoms with Crippen LogP contribution in [0.5, 0.6) is 0 Å². The third-order valence-corrected chi connectivity index (χ3v) is 5.71. The molecule has 0 fully saturated rings. The van der Waals surface area contributed by atoms with Crippen molar-refractivity contribution in [3.05, 3.63) is 52.9 Å². The molecule has 1 aromatic heterocycles. The van der Waals surface area contributed by atoms with Gasteiger partial charge in [0.25, 0.3) is 0 Å². The van der Waals surface area contributed by atoms with Crippen molar-refractivity contribution >= 4 is 5.82 Å². The van der Waals surface area contributed by atoms with Crippen LogP contribution in [0.1, 0.15) is 30.5 Å². The highest BCUT2D eigenvalue weighted by atomic mass is 15.2. The average molecular weight is 360 g/mol. The Morgan fingerprint density at radius 2 is 2.00 bits per heavy atom. The Balaban J connectivity index is 1.49. The van der Waals surface area contributed by atoms with E-state index in [1.807, 2.05) is 18.2 Å². The molecule has 6 heteroatoms. The van der Waals surface area contributed by atoms with Crippen LogP contribution in [0.4, 0.5) is 5.82 Å². The topological polar surface area (TPSA) is 65.8 Å². The van der Waals surface area contributed by atoms with Crippen LogP contribution in [-0.4, -0.2) is 36.1 Å². The number of hydrogen-bond acceptors (Lipinski definition) is 6. The first-order chi connectivity index (χ1) is 13.3. The van der Waals surface area contributed by atoms with E-state index in [1.165, 1.54) is 23.3 Å². The van der Waals surface area contributed by atoms with Crippen LogP contribution >= 0.6 is 0 Å². The van der Waals surface area contributed by atoms with Gasteiger partial charge in [0, 0.05) is 31.3 Å². The number of allylic oxidation sites excluding steroid dienone is 1. The minimum Gasteiger partial charge on any atom is -0.357 e.